The SMILES string of the molecule is COc1ccc(Cc2ccc(OC(=O)C(C)(C)C)cc2)cc1. The molecule has 0 aromatic heterocycles. The van der Waals surface area contributed by atoms with E-state index in [1.54, 1.807) is 7.11 Å². The molecule has 3 heteroatoms. The van der Waals surface area contributed by atoms with Gasteiger partial charge in [-0.15, -0.1) is 0 Å². The number of ether oxygens (including phenoxy) is 2. The van der Waals surface area contributed by atoms with Crippen LogP contribution in [0.1, 0.15) is 31.9 Å². The number of carbonyl (C=O) groups excluding carboxylic acids is 1. The molecule has 0 amide bonds. The van der Waals surface area contributed by atoms with E-state index < -0.39 is 5.41 Å². The highest BCUT2D eigenvalue weighted by Gasteiger charge is 2.23. The van der Waals surface area contributed by atoms with Gasteiger partial charge in [0.25, 0.3) is 0 Å². The first-order valence-electron chi connectivity index (χ1n) is 7.32. The van der Waals surface area contributed by atoms with Crippen molar-refractivity contribution in [3.05, 3.63) is 59.7 Å². The van der Waals surface area contributed by atoms with Crippen molar-refractivity contribution in [2.24, 2.45) is 5.41 Å². The zero-order valence-electron chi connectivity index (χ0n) is 13.6. The monoisotopic (exact) mass is 298 g/mol. The molecule has 0 heterocycles. The van der Waals surface area contributed by atoms with E-state index in [0.717, 1.165) is 12.2 Å². The van der Waals surface area contributed by atoms with E-state index in [2.05, 4.69) is 0 Å². The van der Waals surface area contributed by atoms with Gasteiger partial charge < -0.3 is 9.47 Å². The summed E-state index contributed by atoms with van der Waals surface area (Å²) in [6, 6.07) is 15.6. The average molecular weight is 298 g/mol. The molecule has 0 radical (unpaired) electrons. The van der Waals surface area contributed by atoms with Gasteiger partial charge in [0.1, 0.15) is 11.5 Å². The molecular formula is C19H22O3. The lowest BCUT2D eigenvalue weighted by molar-refractivity contribution is -0.142. The van der Waals surface area contributed by atoms with Crippen molar-refractivity contribution in [3.8, 4) is 11.5 Å². The summed E-state index contributed by atoms with van der Waals surface area (Å²) >= 11 is 0. The summed E-state index contributed by atoms with van der Waals surface area (Å²) in [5.41, 5.74) is 1.88. The van der Waals surface area contributed by atoms with E-state index in [9.17, 15) is 4.79 Å². The highest BCUT2D eigenvalue weighted by Crippen LogP contribution is 2.21. The van der Waals surface area contributed by atoms with Crippen LogP contribution in [-0.4, -0.2) is 13.1 Å². The van der Waals surface area contributed by atoms with Crippen LogP contribution < -0.4 is 9.47 Å². The van der Waals surface area contributed by atoms with Crippen LogP contribution in [0.4, 0.5) is 0 Å². The molecule has 0 aliphatic carbocycles. The molecule has 3 nitrogen and oxygen atoms in total. The second-order valence-corrected chi connectivity index (χ2v) is 6.31. The van der Waals surface area contributed by atoms with Gasteiger partial charge in [-0.05, 0) is 62.6 Å². The highest BCUT2D eigenvalue weighted by atomic mass is 16.5. The van der Waals surface area contributed by atoms with Crippen molar-refractivity contribution >= 4 is 5.97 Å². The van der Waals surface area contributed by atoms with Crippen LogP contribution >= 0.6 is 0 Å². The summed E-state index contributed by atoms with van der Waals surface area (Å²) in [5, 5.41) is 0. The van der Waals surface area contributed by atoms with Crippen molar-refractivity contribution in [3.63, 3.8) is 0 Å². The molecule has 0 N–H and O–H groups in total. The van der Waals surface area contributed by atoms with Gasteiger partial charge in [0.15, 0.2) is 0 Å². The Morgan fingerprint density at radius 2 is 1.32 bits per heavy atom. The zero-order chi connectivity index (χ0) is 16.2. The molecule has 2 aromatic carbocycles. The fourth-order valence-electron chi connectivity index (χ4n) is 1.91. The molecule has 0 saturated carbocycles. The molecule has 0 saturated heterocycles. The zero-order valence-corrected chi connectivity index (χ0v) is 13.6. The van der Waals surface area contributed by atoms with Crippen LogP contribution in [0, 0.1) is 5.41 Å². The Bertz CT molecular complexity index is 619. The van der Waals surface area contributed by atoms with E-state index in [-0.39, 0.29) is 5.97 Å². The summed E-state index contributed by atoms with van der Waals surface area (Å²) in [7, 11) is 1.66. The van der Waals surface area contributed by atoms with Gasteiger partial charge in [0.05, 0.1) is 12.5 Å². The lowest BCUT2D eigenvalue weighted by Crippen LogP contribution is -2.25. The molecule has 2 aromatic rings. The number of benzene rings is 2. The first kappa shape index (κ1) is 16.1. The summed E-state index contributed by atoms with van der Waals surface area (Å²) in [6.45, 7) is 5.52. The van der Waals surface area contributed by atoms with E-state index in [4.69, 9.17) is 9.47 Å². The van der Waals surface area contributed by atoms with Crippen LogP contribution in [0.3, 0.4) is 0 Å². The molecule has 22 heavy (non-hydrogen) atoms. The molecule has 0 atom stereocenters. The van der Waals surface area contributed by atoms with Crippen molar-refractivity contribution in [1.29, 1.82) is 0 Å². The molecule has 0 bridgehead atoms. The maximum Gasteiger partial charge on any atom is 0.316 e. The van der Waals surface area contributed by atoms with Crippen LogP contribution in [0.15, 0.2) is 48.5 Å². The van der Waals surface area contributed by atoms with Crippen LogP contribution in [0.25, 0.3) is 0 Å². The summed E-state index contributed by atoms with van der Waals surface area (Å²) in [5.74, 6) is 1.21. The highest BCUT2D eigenvalue weighted by molar-refractivity contribution is 5.77. The molecule has 0 aliphatic rings. The minimum absolute atomic E-state index is 0.226. The van der Waals surface area contributed by atoms with Gasteiger partial charge in [-0.2, -0.15) is 0 Å². The molecule has 0 spiro atoms. The van der Waals surface area contributed by atoms with Gasteiger partial charge in [-0.1, -0.05) is 24.3 Å². The maximum atomic E-state index is 11.8. The van der Waals surface area contributed by atoms with Crippen molar-refractivity contribution in [1.82, 2.24) is 0 Å². The van der Waals surface area contributed by atoms with E-state index in [1.807, 2.05) is 69.3 Å². The second-order valence-electron chi connectivity index (χ2n) is 6.31. The molecule has 0 fully saturated rings. The van der Waals surface area contributed by atoms with E-state index in [0.29, 0.717) is 5.75 Å². The summed E-state index contributed by atoms with van der Waals surface area (Å²) < 4.78 is 10.5. The van der Waals surface area contributed by atoms with Gasteiger partial charge in [0, 0.05) is 0 Å². The molecule has 116 valence electrons. The lowest BCUT2D eigenvalue weighted by Gasteiger charge is -2.16. The third-order valence-corrected chi connectivity index (χ3v) is 3.31. The predicted molar refractivity (Wildman–Crippen MR) is 87.3 cm³/mol. The Morgan fingerprint density at radius 1 is 0.864 bits per heavy atom. The second kappa shape index (κ2) is 6.65. The number of methoxy groups -OCH3 is 1. The quantitative estimate of drug-likeness (QED) is 0.625. The summed E-state index contributed by atoms with van der Waals surface area (Å²) in [4.78, 5) is 11.8. The largest absolute Gasteiger partial charge is 0.497 e. The molecule has 0 aliphatic heterocycles. The van der Waals surface area contributed by atoms with Crippen LogP contribution in [0.2, 0.25) is 0 Å². The summed E-state index contributed by atoms with van der Waals surface area (Å²) in [6.07, 6.45) is 0.831. The Kier molecular flexibility index (Phi) is 4.86. The number of carbonyl (C=O) groups is 1. The fraction of sp³-hybridized carbons (Fsp3) is 0.316. The molecule has 0 unspecified atom stereocenters. The average Bonchev–Trinajstić information content (AvgIpc) is 2.49. The van der Waals surface area contributed by atoms with Crippen molar-refractivity contribution < 1.29 is 14.3 Å². The number of hydrogen-bond acceptors (Lipinski definition) is 3. The Morgan fingerprint density at radius 3 is 1.73 bits per heavy atom. The van der Waals surface area contributed by atoms with Gasteiger partial charge in [0.2, 0.25) is 0 Å². The third-order valence-electron chi connectivity index (χ3n) is 3.31. The minimum Gasteiger partial charge on any atom is -0.497 e. The van der Waals surface area contributed by atoms with Gasteiger partial charge >= 0.3 is 5.97 Å². The number of hydrogen-bond donors (Lipinski definition) is 0. The first-order valence-corrected chi connectivity index (χ1v) is 7.32. The third kappa shape index (κ3) is 4.35. The van der Waals surface area contributed by atoms with Crippen molar-refractivity contribution in [2.75, 3.05) is 7.11 Å². The smallest absolute Gasteiger partial charge is 0.316 e. The van der Waals surface area contributed by atoms with Crippen LogP contribution in [0.5, 0.6) is 11.5 Å². The van der Waals surface area contributed by atoms with Crippen molar-refractivity contribution in [2.45, 2.75) is 27.2 Å². The van der Waals surface area contributed by atoms with E-state index in [1.165, 1.54) is 11.1 Å². The lowest BCUT2D eigenvalue weighted by atomic mass is 9.97. The number of esters is 1. The predicted octanol–water partition coefficient (Wildman–Crippen LogP) is 4.24. The molecule has 2 rings (SSSR count). The van der Waals surface area contributed by atoms with E-state index >= 15 is 0 Å². The Balaban J connectivity index is 2.01. The normalized spacial score (nSPS) is 11.1. The maximum absolute atomic E-state index is 11.8. The Labute approximate surface area is 131 Å². The number of rotatable bonds is 4. The van der Waals surface area contributed by atoms with Crippen LogP contribution in [-0.2, 0) is 11.2 Å². The standard InChI is InChI=1S/C19H22O3/c1-19(2,3)18(20)22-17-11-7-15(8-12-17)13-14-5-9-16(21-4)10-6-14/h5-12H,13H2,1-4H3. The molecular weight excluding hydrogens is 276 g/mol. The van der Waals surface area contributed by atoms with Gasteiger partial charge in [-0.25, -0.2) is 0 Å². The Hall–Kier alpha value is -2.29. The first-order chi connectivity index (χ1) is 10.4. The topological polar surface area (TPSA) is 35.5 Å². The fourth-order valence-corrected chi connectivity index (χ4v) is 1.91. The minimum atomic E-state index is -0.498. The van der Waals surface area contributed by atoms with Gasteiger partial charge in [-0.3, -0.25) is 4.79 Å².